The fourth-order valence-corrected chi connectivity index (χ4v) is 5.16. The fourth-order valence-electron chi connectivity index (χ4n) is 4.96. The molecule has 2 aliphatic heterocycles. The molecule has 35 heavy (non-hydrogen) atoms. The average molecular weight is 498 g/mol. The second-order valence-electron chi connectivity index (χ2n) is 9.25. The molecule has 1 aromatic carbocycles. The van der Waals surface area contributed by atoms with Crippen molar-refractivity contribution in [3.63, 3.8) is 0 Å². The molecule has 5 rings (SSSR count). The van der Waals surface area contributed by atoms with Crippen LogP contribution in [0.2, 0.25) is 5.02 Å². The Hall–Kier alpha value is -3.01. The fraction of sp³-hybridized carbons (Fsp3) is 0.400. The molecule has 2 saturated heterocycles. The molecule has 0 radical (unpaired) electrons. The molecule has 0 saturated carbocycles. The van der Waals surface area contributed by atoms with E-state index in [-0.39, 0.29) is 22.7 Å². The molecule has 3 aromatic rings. The molecule has 0 aliphatic carbocycles. The Morgan fingerprint density at radius 2 is 2.09 bits per heavy atom. The van der Waals surface area contributed by atoms with Crippen molar-refractivity contribution < 1.29 is 9.18 Å². The lowest BCUT2D eigenvalue weighted by molar-refractivity contribution is 0.102. The minimum absolute atomic E-state index is 0.138. The molecule has 184 valence electrons. The van der Waals surface area contributed by atoms with Crippen LogP contribution in [-0.4, -0.2) is 51.8 Å². The summed E-state index contributed by atoms with van der Waals surface area (Å²) in [5.41, 5.74) is 8.85. The van der Waals surface area contributed by atoms with E-state index < -0.39 is 5.82 Å². The Balaban J connectivity index is 1.36. The number of anilines is 2. The van der Waals surface area contributed by atoms with Gasteiger partial charge in [-0.2, -0.15) is 5.10 Å². The van der Waals surface area contributed by atoms with E-state index in [2.05, 4.69) is 20.5 Å². The van der Waals surface area contributed by atoms with Gasteiger partial charge in [0.05, 0.1) is 28.0 Å². The molecule has 10 heteroatoms. The van der Waals surface area contributed by atoms with Gasteiger partial charge in [-0.1, -0.05) is 17.7 Å². The van der Waals surface area contributed by atoms with Gasteiger partial charge >= 0.3 is 0 Å². The molecule has 4 N–H and O–H groups in total. The number of benzene rings is 1. The Labute approximate surface area is 208 Å². The Bertz CT molecular complexity index is 1210. The van der Waals surface area contributed by atoms with Crippen LogP contribution in [0.5, 0.6) is 0 Å². The Morgan fingerprint density at radius 1 is 1.26 bits per heavy atom. The zero-order valence-electron chi connectivity index (χ0n) is 19.4. The molecule has 1 amide bonds. The van der Waals surface area contributed by atoms with Gasteiger partial charge in [-0.25, -0.2) is 9.37 Å². The molecule has 0 unspecified atom stereocenters. The van der Waals surface area contributed by atoms with E-state index in [1.807, 2.05) is 10.9 Å². The second-order valence-corrected chi connectivity index (χ2v) is 9.66. The highest BCUT2D eigenvalue weighted by Crippen LogP contribution is 2.34. The Morgan fingerprint density at radius 3 is 2.86 bits per heavy atom. The molecular weight excluding hydrogens is 469 g/mol. The third-order valence-corrected chi connectivity index (χ3v) is 7.11. The number of pyridine rings is 1. The van der Waals surface area contributed by atoms with E-state index in [0.29, 0.717) is 23.8 Å². The summed E-state index contributed by atoms with van der Waals surface area (Å²) in [6.45, 7) is 4.24. The summed E-state index contributed by atoms with van der Waals surface area (Å²) in [5.74, 6) is -0.344. The number of carbonyl (C=O) groups is 1. The van der Waals surface area contributed by atoms with Crippen molar-refractivity contribution in [2.75, 3.05) is 37.2 Å². The number of amides is 1. The van der Waals surface area contributed by atoms with E-state index in [0.717, 1.165) is 56.7 Å². The van der Waals surface area contributed by atoms with Gasteiger partial charge in [-0.15, -0.1) is 0 Å². The number of hydrogen-bond donors (Lipinski definition) is 3. The summed E-state index contributed by atoms with van der Waals surface area (Å²) < 4.78 is 15.6. The molecule has 1 atom stereocenters. The lowest BCUT2D eigenvalue weighted by Gasteiger charge is -2.22. The maximum Gasteiger partial charge on any atom is 0.259 e. The van der Waals surface area contributed by atoms with Crippen molar-refractivity contribution in [3.8, 4) is 0 Å². The SMILES string of the molecule is Nc1ncccc1C(=O)Nc1cn(C2CCNCC2)nc1[C@@H]1CCN(Cc2ccc(F)c(Cl)c2)C1. The third-order valence-electron chi connectivity index (χ3n) is 6.82. The largest absolute Gasteiger partial charge is 0.383 e. The van der Waals surface area contributed by atoms with Gasteiger partial charge < -0.3 is 16.4 Å². The number of likely N-dealkylation sites (tertiary alicyclic amines) is 1. The van der Waals surface area contributed by atoms with Gasteiger partial charge in [0.25, 0.3) is 5.91 Å². The van der Waals surface area contributed by atoms with Crippen LogP contribution in [0.15, 0.2) is 42.7 Å². The van der Waals surface area contributed by atoms with Crippen LogP contribution in [0.3, 0.4) is 0 Å². The molecule has 8 nitrogen and oxygen atoms in total. The first kappa shape index (κ1) is 23.7. The van der Waals surface area contributed by atoms with Crippen molar-refractivity contribution in [2.24, 2.45) is 0 Å². The first-order chi connectivity index (χ1) is 17.0. The Kier molecular flexibility index (Phi) is 6.99. The maximum atomic E-state index is 13.5. The number of piperidine rings is 1. The quantitative estimate of drug-likeness (QED) is 0.478. The standard InChI is InChI=1S/C25H29ClFN7O/c26-20-12-16(3-4-21(20)27)13-33-11-7-17(14-33)23-22(15-34(32-23)18-5-9-29-10-6-18)31-25(35)19-2-1-8-30-24(19)28/h1-4,8,12,15,17-18,29H,5-7,9-11,13-14H2,(H2,28,30)(H,31,35)/t17-/m1/s1. The van der Waals surface area contributed by atoms with E-state index in [1.165, 1.54) is 6.07 Å². The summed E-state index contributed by atoms with van der Waals surface area (Å²) in [7, 11) is 0. The maximum absolute atomic E-state index is 13.5. The van der Waals surface area contributed by atoms with Crippen molar-refractivity contribution in [2.45, 2.75) is 37.8 Å². The smallest absolute Gasteiger partial charge is 0.259 e. The number of nitrogens with one attached hydrogen (secondary N) is 2. The molecule has 2 aromatic heterocycles. The highest BCUT2D eigenvalue weighted by molar-refractivity contribution is 6.30. The number of hydrogen-bond acceptors (Lipinski definition) is 6. The summed E-state index contributed by atoms with van der Waals surface area (Å²) in [6.07, 6.45) is 6.42. The number of halogens is 2. The number of nitrogen functional groups attached to an aromatic ring is 1. The summed E-state index contributed by atoms with van der Waals surface area (Å²) in [5, 5.41) is 11.6. The first-order valence-electron chi connectivity index (χ1n) is 12.0. The molecule has 2 aliphatic rings. The van der Waals surface area contributed by atoms with Crippen molar-refractivity contribution in [3.05, 3.63) is 70.4 Å². The zero-order chi connectivity index (χ0) is 24.4. The van der Waals surface area contributed by atoms with Gasteiger partial charge in [0.1, 0.15) is 11.6 Å². The minimum Gasteiger partial charge on any atom is -0.383 e. The summed E-state index contributed by atoms with van der Waals surface area (Å²) in [4.78, 5) is 19.4. The number of aromatic nitrogens is 3. The van der Waals surface area contributed by atoms with Crippen LogP contribution in [0.25, 0.3) is 0 Å². The highest BCUT2D eigenvalue weighted by atomic mass is 35.5. The predicted molar refractivity (Wildman–Crippen MR) is 134 cm³/mol. The van der Waals surface area contributed by atoms with Crippen LogP contribution < -0.4 is 16.4 Å². The predicted octanol–water partition coefficient (Wildman–Crippen LogP) is 3.82. The number of rotatable bonds is 6. The van der Waals surface area contributed by atoms with E-state index in [1.54, 1.807) is 30.5 Å². The van der Waals surface area contributed by atoms with E-state index in [4.69, 9.17) is 22.4 Å². The van der Waals surface area contributed by atoms with Crippen molar-refractivity contribution in [1.29, 1.82) is 0 Å². The van der Waals surface area contributed by atoms with Crippen LogP contribution in [-0.2, 0) is 6.54 Å². The lowest BCUT2D eigenvalue weighted by Crippen LogP contribution is -2.29. The van der Waals surface area contributed by atoms with Crippen molar-refractivity contribution in [1.82, 2.24) is 25.0 Å². The van der Waals surface area contributed by atoms with Gasteiger partial charge in [0.2, 0.25) is 0 Å². The first-order valence-corrected chi connectivity index (χ1v) is 12.3. The number of carbonyl (C=O) groups excluding carboxylic acids is 1. The lowest BCUT2D eigenvalue weighted by atomic mass is 10.0. The van der Waals surface area contributed by atoms with Gasteiger partial charge in [0.15, 0.2) is 0 Å². The van der Waals surface area contributed by atoms with E-state index in [9.17, 15) is 9.18 Å². The highest BCUT2D eigenvalue weighted by Gasteiger charge is 2.30. The summed E-state index contributed by atoms with van der Waals surface area (Å²) >= 11 is 5.97. The monoisotopic (exact) mass is 497 g/mol. The molecule has 0 spiro atoms. The van der Waals surface area contributed by atoms with Crippen LogP contribution >= 0.6 is 11.6 Å². The molecule has 2 fully saturated rings. The zero-order valence-corrected chi connectivity index (χ0v) is 20.1. The molecular formula is C25H29ClFN7O. The van der Waals surface area contributed by atoms with Crippen LogP contribution in [0.1, 0.15) is 52.8 Å². The average Bonchev–Trinajstić information content (AvgIpc) is 3.49. The van der Waals surface area contributed by atoms with Gasteiger partial charge in [-0.05, 0) is 68.7 Å². The van der Waals surface area contributed by atoms with Gasteiger partial charge in [0, 0.05) is 31.4 Å². The second kappa shape index (κ2) is 10.3. The van der Waals surface area contributed by atoms with Gasteiger partial charge in [-0.3, -0.25) is 14.4 Å². The number of nitrogens with zero attached hydrogens (tertiary/aromatic N) is 4. The molecule has 0 bridgehead atoms. The minimum atomic E-state index is -0.409. The normalized spacial score (nSPS) is 19.2. The summed E-state index contributed by atoms with van der Waals surface area (Å²) in [6, 6.07) is 8.51. The van der Waals surface area contributed by atoms with Crippen molar-refractivity contribution >= 4 is 29.0 Å². The third kappa shape index (κ3) is 5.32. The van der Waals surface area contributed by atoms with Crippen LogP contribution in [0, 0.1) is 5.82 Å². The van der Waals surface area contributed by atoms with Crippen LogP contribution in [0.4, 0.5) is 15.9 Å². The van der Waals surface area contributed by atoms with E-state index >= 15 is 0 Å². The topological polar surface area (TPSA) is 101 Å². The molecule has 4 heterocycles. The number of nitrogens with two attached hydrogens (primary N) is 1.